The summed E-state index contributed by atoms with van der Waals surface area (Å²) >= 11 is 0. The van der Waals surface area contributed by atoms with E-state index in [9.17, 15) is 0 Å². The summed E-state index contributed by atoms with van der Waals surface area (Å²) in [5.41, 5.74) is 5.91. The van der Waals surface area contributed by atoms with Crippen molar-refractivity contribution in [3.63, 3.8) is 0 Å². The third kappa shape index (κ3) is 5.16. The summed E-state index contributed by atoms with van der Waals surface area (Å²) in [6.07, 6.45) is 3.93. The Morgan fingerprint density at radius 2 is 1.89 bits per heavy atom. The second kappa shape index (κ2) is 9.12. The topological polar surface area (TPSA) is 77.2 Å². The van der Waals surface area contributed by atoms with Crippen molar-refractivity contribution in [1.82, 2.24) is 19.7 Å². The van der Waals surface area contributed by atoms with Crippen LogP contribution in [0.2, 0.25) is 0 Å². The second-order valence-corrected chi connectivity index (χ2v) is 6.64. The number of nitrogens with zero attached hydrogens (tertiary/aromatic N) is 5. The molecule has 2 aromatic heterocycles. The number of benzene rings is 1. The zero-order chi connectivity index (χ0) is 19.9. The van der Waals surface area contributed by atoms with E-state index in [0.717, 1.165) is 42.1 Å². The molecule has 146 valence electrons. The average Bonchev–Trinajstić information content (AvgIpc) is 3.01. The van der Waals surface area contributed by atoms with Gasteiger partial charge >= 0.3 is 0 Å². The molecule has 1 N–H and O–H groups in total. The maximum absolute atomic E-state index is 5.67. The summed E-state index contributed by atoms with van der Waals surface area (Å²) in [4.78, 5) is 8.85. The van der Waals surface area contributed by atoms with Crippen LogP contribution < -0.4 is 10.2 Å². The first-order valence-corrected chi connectivity index (χ1v) is 9.46. The minimum absolute atomic E-state index is 0.617. The number of aryl methyl sites for hydroxylation is 3. The Labute approximate surface area is 165 Å². The first-order chi connectivity index (χ1) is 13.5. The number of nitrogens with one attached hydrogen (secondary N) is 1. The quantitative estimate of drug-likeness (QED) is 0.361. The Kier molecular flexibility index (Phi) is 6.37. The molecule has 0 bridgehead atoms. The van der Waals surface area contributed by atoms with E-state index >= 15 is 0 Å². The predicted octanol–water partition coefficient (Wildman–Crippen LogP) is 4.21. The number of rotatable bonds is 8. The van der Waals surface area contributed by atoms with E-state index in [4.69, 9.17) is 4.74 Å². The number of ether oxygens (including phenoxy) is 1. The molecule has 0 aliphatic rings. The van der Waals surface area contributed by atoms with Crippen LogP contribution in [0.25, 0.3) is 5.82 Å². The van der Waals surface area contributed by atoms with Crippen LogP contribution in [-0.2, 0) is 0 Å². The molecule has 28 heavy (non-hydrogen) atoms. The van der Waals surface area contributed by atoms with Gasteiger partial charge in [-0.25, -0.2) is 14.6 Å². The van der Waals surface area contributed by atoms with E-state index in [1.165, 1.54) is 0 Å². The van der Waals surface area contributed by atoms with E-state index in [1.54, 1.807) is 10.9 Å². The molecular formula is C21H26N6O. The molecule has 0 amide bonds. The second-order valence-electron chi connectivity index (χ2n) is 6.64. The van der Waals surface area contributed by atoms with Crippen LogP contribution in [-0.4, -0.2) is 32.6 Å². The summed E-state index contributed by atoms with van der Waals surface area (Å²) in [5, 5.41) is 8.76. The fourth-order valence-corrected chi connectivity index (χ4v) is 2.74. The molecule has 0 unspecified atom stereocenters. The van der Waals surface area contributed by atoms with Crippen LogP contribution in [0.5, 0.6) is 5.75 Å². The van der Waals surface area contributed by atoms with E-state index in [2.05, 4.69) is 32.5 Å². The van der Waals surface area contributed by atoms with Crippen LogP contribution in [0.4, 0.5) is 5.82 Å². The van der Waals surface area contributed by atoms with E-state index < -0.39 is 0 Å². The van der Waals surface area contributed by atoms with Gasteiger partial charge in [-0.3, -0.25) is 5.43 Å². The molecule has 0 atom stereocenters. The van der Waals surface area contributed by atoms with Crippen molar-refractivity contribution in [3.8, 4) is 11.6 Å². The van der Waals surface area contributed by atoms with Crippen molar-refractivity contribution >= 4 is 12.0 Å². The molecule has 3 rings (SSSR count). The maximum Gasteiger partial charge on any atom is 0.159 e. The minimum atomic E-state index is 0.617. The van der Waals surface area contributed by atoms with Gasteiger partial charge in [-0.1, -0.05) is 13.3 Å². The molecular weight excluding hydrogens is 352 g/mol. The molecule has 2 heterocycles. The van der Waals surface area contributed by atoms with Gasteiger partial charge in [-0.15, -0.1) is 0 Å². The molecule has 0 saturated heterocycles. The average molecular weight is 378 g/mol. The van der Waals surface area contributed by atoms with Gasteiger partial charge in [0.25, 0.3) is 0 Å². The third-order valence-electron chi connectivity index (χ3n) is 4.09. The van der Waals surface area contributed by atoms with Crippen LogP contribution in [0.15, 0.2) is 41.5 Å². The highest BCUT2D eigenvalue weighted by Gasteiger charge is 2.08. The molecule has 0 aliphatic heterocycles. The summed E-state index contributed by atoms with van der Waals surface area (Å²) < 4.78 is 7.47. The van der Waals surface area contributed by atoms with Gasteiger partial charge in [0.05, 0.1) is 18.5 Å². The molecule has 7 nitrogen and oxygen atoms in total. The van der Waals surface area contributed by atoms with Crippen molar-refractivity contribution in [3.05, 3.63) is 59.2 Å². The Balaban J connectivity index is 1.66. The first-order valence-electron chi connectivity index (χ1n) is 9.46. The molecule has 0 radical (unpaired) electrons. The SMILES string of the molecule is CCCCOc1ccc(C=NNc2cc(-n3nc(C)cc3C)nc(C)n2)cc1. The maximum atomic E-state index is 5.67. The standard InChI is InChI=1S/C21H26N6O/c1-5-6-11-28-19-9-7-18(8-10-19)14-22-25-20-13-21(24-17(4)23-20)27-16(3)12-15(2)26-27/h7-10,12-14H,5-6,11H2,1-4H3,(H,23,24,25). The minimum Gasteiger partial charge on any atom is -0.494 e. The van der Waals surface area contributed by atoms with Gasteiger partial charge < -0.3 is 4.74 Å². The summed E-state index contributed by atoms with van der Waals surface area (Å²) in [6.45, 7) is 8.70. The molecule has 3 aromatic rings. The van der Waals surface area contributed by atoms with Crippen molar-refractivity contribution in [1.29, 1.82) is 0 Å². The summed E-state index contributed by atoms with van der Waals surface area (Å²) in [6, 6.07) is 11.7. The number of aromatic nitrogens is 4. The third-order valence-corrected chi connectivity index (χ3v) is 4.09. The van der Waals surface area contributed by atoms with Gasteiger partial charge in [0.15, 0.2) is 11.6 Å². The van der Waals surface area contributed by atoms with Crippen LogP contribution >= 0.6 is 0 Å². The van der Waals surface area contributed by atoms with Crippen LogP contribution in [0.1, 0.15) is 42.5 Å². The number of hydrogen-bond acceptors (Lipinski definition) is 6. The van der Waals surface area contributed by atoms with Gasteiger partial charge in [0.2, 0.25) is 0 Å². The molecule has 0 aliphatic carbocycles. The molecule has 0 saturated carbocycles. The highest BCUT2D eigenvalue weighted by Crippen LogP contribution is 2.14. The van der Waals surface area contributed by atoms with Crippen LogP contribution in [0.3, 0.4) is 0 Å². The van der Waals surface area contributed by atoms with Crippen molar-refractivity contribution in [2.75, 3.05) is 12.0 Å². The zero-order valence-corrected chi connectivity index (χ0v) is 16.8. The van der Waals surface area contributed by atoms with Gasteiger partial charge in [0, 0.05) is 11.8 Å². The Morgan fingerprint density at radius 3 is 2.57 bits per heavy atom. The Morgan fingerprint density at radius 1 is 1.11 bits per heavy atom. The highest BCUT2D eigenvalue weighted by atomic mass is 16.5. The van der Waals surface area contributed by atoms with Gasteiger partial charge in [0.1, 0.15) is 11.6 Å². The van der Waals surface area contributed by atoms with E-state index in [-0.39, 0.29) is 0 Å². The summed E-state index contributed by atoms with van der Waals surface area (Å²) in [5.74, 6) is 2.85. The fraction of sp³-hybridized carbons (Fsp3) is 0.333. The molecule has 7 heteroatoms. The largest absolute Gasteiger partial charge is 0.494 e. The molecule has 0 spiro atoms. The van der Waals surface area contributed by atoms with E-state index in [0.29, 0.717) is 17.5 Å². The lowest BCUT2D eigenvalue weighted by molar-refractivity contribution is 0.309. The van der Waals surface area contributed by atoms with E-state index in [1.807, 2.05) is 57.2 Å². The predicted molar refractivity (Wildman–Crippen MR) is 111 cm³/mol. The number of anilines is 1. The van der Waals surface area contributed by atoms with Crippen molar-refractivity contribution in [2.45, 2.75) is 40.5 Å². The Hall–Kier alpha value is -3.22. The first kappa shape index (κ1) is 19.5. The van der Waals surface area contributed by atoms with Crippen LogP contribution in [0, 0.1) is 20.8 Å². The van der Waals surface area contributed by atoms with Gasteiger partial charge in [-0.05, 0) is 63.1 Å². The molecule has 1 aromatic carbocycles. The lowest BCUT2D eigenvalue weighted by Crippen LogP contribution is -2.06. The number of hydrazone groups is 1. The van der Waals surface area contributed by atoms with Gasteiger partial charge in [-0.2, -0.15) is 10.2 Å². The Bertz CT molecular complexity index is 946. The monoisotopic (exact) mass is 378 g/mol. The lowest BCUT2D eigenvalue weighted by atomic mass is 10.2. The fourth-order valence-electron chi connectivity index (χ4n) is 2.74. The molecule has 0 fully saturated rings. The van der Waals surface area contributed by atoms with Crippen molar-refractivity contribution in [2.24, 2.45) is 5.10 Å². The summed E-state index contributed by atoms with van der Waals surface area (Å²) in [7, 11) is 0. The highest BCUT2D eigenvalue weighted by molar-refractivity contribution is 5.80. The smallest absolute Gasteiger partial charge is 0.159 e. The zero-order valence-electron chi connectivity index (χ0n) is 16.8. The lowest BCUT2D eigenvalue weighted by Gasteiger charge is -2.07. The van der Waals surface area contributed by atoms with Crippen molar-refractivity contribution < 1.29 is 4.74 Å². The number of unbranched alkanes of at least 4 members (excludes halogenated alkanes) is 1. The number of hydrogen-bond donors (Lipinski definition) is 1. The normalized spacial score (nSPS) is 11.1.